The Labute approximate surface area is 169 Å². The predicted octanol–water partition coefficient (Wildman–Crippen LogP) is 7.56. The number of thiophene rings is 1. The molecule has 1 aromatic carbocycles. The number of carboxylic acid groups (broad SMARTS) is 1. The van der Waals surface area contributed by atoms with Gasteiger partial charge in [0.1, 0.15) is 0 Å². The van der Waals surface area contributed by atoms with Crippen LogP contribution in [-0.4, -0.2) is 11.1 Å². The molecular weight excluding hydrogens is 378 g/mol. The summed E-state index contributed by atoms with van der Waals surface area (Å²) in [7, 11) is 0. The van der Waals surface area contributed by atoms with Crippen LogP contribution in [0.5, 0.6) is 0 Å². The second kappa shape index (κ2) is 11.1. The van der Waals surface area contributed by atoms with Crippen molar-refractivity contribution in [1.82, 2.24) is 0 Å². The molecule has 1 saturated carbocycles. The molecule has 3 rings (SSSR count). The third-order valence-corrected chi connectivity index (χ3v) is 5.93. The second-order valence-corrected chi connectivity index (χ2v) is 8.11. The molecule has 5 heteroatoms. The molecule has 0 unspecified atom stereocenters. The number of benzene rings is 1. The number of unbranched alkanes of at least 4 members (excludes halogenated alkanes) is 1. The zero-order valence-electron chi connectivity index (χ0n) is 16.2. The van der Waals surface area contributed by atoms with Gasteiger partial charge in [-0.3, -0.25) is 4.79 Å². The fraction of sp³-hybridized carbons (Fsp3) is 0.435. The summed E-state index contributed by atoms with van der Waals surface area (Å²) in [5, 5.41) is 9.09. The van der Waals surface area contributed by atoms with Crippen LogP contribution in [0.3, 0.4) is 0 Å². The van der Waals surface area contributed by atoms with Gasteiger partial charge in [0.05, 0.1) is 4.88 Å². The zero-order chi connectivity index (χ0) is 20.4. The average Bonchev–Trinajstić information content (AvgIpc) is 3.33. The van der Waals surface area contributed by atoms with Crippen molar-refractivity contribution >= 4 is 27.4 Å². The average molecular weight is 407 g/mol. The molecule has 2 nitrogen and oxygen atoms in total. The third kappa shape index (κ3) is 7.19. The smallest absolute Gasteiger partial charge is 0.303 e. The van der Waals surface area contributed by atoms with Crippen LogP contribution in [0.25, 0.3) is 10.1 Å². The number of rotatable bonds is 7. The van der Waals surface area contributed by atoms with Gasteiger partial charge in [-0.15, -0.1) is 11.3 Å². The van der Waals surface area contributed by atoms with Gasteiger partial charge in [-0.2, -0.15) is 8.78 Å². The first kappa shape index (κ1) is 22.3. The molecule has 1 fully saturated rings. The van der Waals surface area contributed by atoms with Crippen LogP contribution in [-0.2, 0) is 10.7 Å². The lowest BCUT2D eigenvalue weighted by molar-refractivity contribution is -0.137. The molecule has 0 spiro atoms. The molecule has 0 aliphatic heterocycles. The van der Waals surface area contributed by atoms with E-state index in [9.17, 15) is 13.6 Å². The zero-order valence-corrected chi connectivity index (χ0v) is 17.1. The lowest BCUT2D eigenvalue weighted by Gasteiger charge is -2.10. The molecule has 1 heterocycles. The molecular formula is C23H28F2O2S. The summed E-state index contributed by atoms with van der Waals surface area (Å²) < 4.78 is 29.3. The summed E-state index contributed by atoms with van der Waals surface area (Å²) in [5.41, 5.74) is 0. The van der Waals surface area contributed by atoms with E-state index in [2.05, 4.69) is 0 Å². The Hall–Kier alpha value is -2.01. The molecule has 1 N–H and O–H groups in total. The second-order valence-electron chi connectivity index (χ2n) is 7.03. The first-order chi connectivity index (χ1) is 13.4. The van der Waals surface area contributed by atoms with E-state index in [-0.39, 0.29) is 11.3 Å². The molecule has 152 valence electrons. The third-order valence-electron chi connectivity index (χ3n) is 4.73. The number of fused-ring (bicyclic) bond motifs is 1. The number of carboxylic acids is 1. The number of hydrogen-bond acceptors (Lipinski definition) is 2. The Kier molecular flexibility index (Phi) is 8.84. The van der Waals surface area contributed by atoms with Gasteiger partial charge < -0.3 is 5.11 Å². The van der Waals surface area contributed by atoms with Crippen LogP contribution >= 0.6 is 11.3 Å². The van der Waals surface area contributed by atoms with Crippen molar-refractivity contribution in [1.29, 1.82) is 0 Å². The Bertz CT molecular complexity index is 769. The van der Waals surface area contributed by atoms with Crippen LogP contribution in [0, 0.1) is 5.92 Å². The highest BCUT2D eigenvalue weighted by Gasteiger charge is 2.30. The molecule has 0 atom stereocenters. The van der Waals surface area contributed by atoms with E-state index in [0.29, 0.717) is 5.92 Å². The van der Waals surface area contributed by atoms with Gasteiger partial charge in [-0.05, 0) is 62.1 Å². The first-order valence-corrected chi connectivity index (χ1v) is 10.6. The Balaban J connectivity index is 0.000000266. The standard InChI is InChI=1S/C16H16F2S.C7H12O2/c17-16(18,10-9-12-5-1-2-6-12)15-11-13-7-3-4-8-14(13)19-15;1-2-3-4-5-6-7(8)9/h3-4,7-12H,1-2,5-6H2;2-3H,4-6H2,1H3,(H,8,9)/b10-9+;3-2-. The van der Waals surface area contributed by atoms with Crippen molar-refractivity contribution in [3.63, 3.8) is 0 Å². The minimum absolute atomic E-state index is 0.142. The van der Waals surface area contributed by atoms with Crippen LogP contribution in [0.4, 0.5) is 8.78 Å². The lowest BCUT2D eigenvalue weighted by Crippen LogP contribution is -2.07. The van der Waals surface area contributed by atoms with Gasteiger partial charge in [-0.25, -0.2) is 0 Å². The number of carbonyl (C=O) groups is 1. The molecule has 1 aliphatic carbocycles. The Morgan fingerprint density at radius 1 is 1.29 bits per heavy atom. The number of alkyl halides is 2. The molecule has 2 aromatic rings. The minimum atomic E-state index is -2.84. The van der Waals surface area contributed by atoms with Crippen molar-refractivity contribution in [2.45, 2.75) is 57.8 Å². The lowest BCUT2D eigenvalue weighted by atomic mass is 10.1. The van der Waals surface area contributed by atoms with Gasteiger partial charge in [0.15, 0.2) is 0 Å². The molecule has 1 aromatic heterocycles. The SMILES string of the molecule is C/C=C\CCCC(=O)O.FC(F)(/C=C/C1CCCC1)c1cc2ccccc2s1. The van der Waals surface area contributed by atoms with E-state index in [4.69, 9.17) is 5.11 Å². The highest BCUT2D eigenvalue weighted by molar-refractivity contribution is 7.19. The number of hydrogen-bond donors (Lipinski definition) is 1. The maximum Gasteiger partial charge on any atom is 0.303 e. The van der Waals surface area contributed by atoms with Crippen molar-refractivity contribution in [3.05, 3.63) is 59.5 Å². The van der Waals surface area contributed by atoms with E-state index < -0.39 is 11.9 Å². The Morgan fingerprint density at radius 2 is 2.00 bits per heavy atom. The normalized spacial score (nSPS) is 15.4. The van der Waals surface area contributed by atoms with Gasteiger partial charge in [0.2, 0.25) is 0 Å². The summed E-state index contributed by atoms with van der Waals surface area (Å²) in [6.45, 7) is 1.93. The fourth-order valence-electron chi connectivity index (χ4n) is 3.17. The maximum atomic E-state index is 14.2. The molecule has 28 heavy (non-hydrogen) atoms. The Morgan fingerprint density at radius 3 is 2.64 bits per heavy atom. The van der Waals surface area contributed by atoms with Crippen molar-refractivity contribution in [2.24, 2.45) is 5.92 Å². The van der Waals surface area contributed by atoms with E-state index in [1.165, 1.54) is 24.2 Å². The summed E-state index contributed by atoms with van der Waals surface area (Å²) in [6, 6.07) is 9.14. The van der Waals surface area contributed by atoms with Gasteiger partial charge >= 0.3 is 11.9 Å². The van der Waals surface area contributed by atoms with Gasteiger partial charge in [0, 0.05) is 11.1 Å². The molecule has 0 saturated heterocycles. The first-order valence-electron chi connectivity index (χ1n) is 9.81. The fourth-order valence-corrected chi connectivity index (χ4v) is 4.19. The van der Waals surface area contributed by atoms with Crippen LogP contribution in [0.2, 0.25) is 0 Å². The van der Waals surface area contributed by atoms with Gasteiger partial charge in [-0.1, -0.05) is 49.3 Å². The number of aliphatic carboxylic acids is 1. The van der Waals surface area contributed by atoms with Crippen molar-refractivity contribution in [2.75, 3.05) is 0 Å². The monoisotopic (exact) mass is 406 g/mol. The number of allylic oxidation sites excluding steroid dienone is 4. The van der Waals surface area contributed by atoms with E-state index >= 15 is 0 Å². The highest BCUT2D eigenvalue weighted by Crippen LogP contribution is 2.39. The maximum absolute atomic E-state index is 14.2. The van der Waals surface area contributed by atoms with E-state index in [1.807, 2.05) is 43.3 Å². The molecule has 0 radical (unpaired) electrons. The van der Waals surface area contributed by atoms with E-state index in [1.54, 1.807) is 12.1 Å². The molecule has 0 bridgehead atoms. The van der Waals surface area contributed by atoms with Gasteiger partial charge in [0.25, 0.3) is 0 Å². The summed E-state index contributed by atoms with van der Waals surface area (Å²) in [5.74, 6) is -3.20. The highest BCUT2D eigenvalue weighted by atomic mass is 32.1. The largest absolute Gasteiger partial charge is 0.481 e. The van der Waals surface area contributed by atoms with Crippen molar-refractivity contribution in [3.8, 4) is 0 Å². The number of halogens is 2. The minimum Gasteiger partial charge on any atom is -0.481 e. The van der Waals surface area contributed by atoms with Crippen LogP contribution < -0.4 is 0 Å². The summed E-state index contributed by atoms with van der Waals surface area (Å²) >= 11 is 1.19. The van der Waals surface area contributed by atoms with Crippen LogP contribution in [0.1, 0.15) is 56.7 Å². The van der Waals surface area contributed by atoms with Crippen molar-refractivity contribution < 1.29 is 18.7 Å². The summed E-state index contributed by atoms with van der Waals surface area (Å²) in [6.07, 6.45) is 13.1. The quantitative estimate of drug-likeness (QED) is 0.380. The van der Waals surface area contributed by atoms with Crippen LogP contribution in [0.15, 0.2) is 54.6 Å². The summed E-state index contributed by atoms with van der Waals surface area (Å²) in [4.78, 5) is 10.1. The molecule has 0 amide bonds. The molecule has 1 aliphatic rings. The predicted molar refractivity (Wildman–Crippen MR) is 113 cm³/mol. The topological polar surface area (TPSA) is 37.3 Å². The van der Waals surface area contributed by atoms with E-state index in [0.717, 1.165) is 41.8 Å².